The Balaban J connectivity index is 1.08. The number of hydrogen-bond acceptors (Lipinski definition) is 0. The first kappa shape index (κ1) is 28.3. The first-order valence-electron chi connectivity index (χ1n) is 17.8. The van der Waals surface area contributed by atoms with E-state index in [1.807, 2.05) is 0 Å². The van der Waals surface area contributed by atoms with E-state index in [1.54, 1.807) is 0 Å². The van der Waals surface area contributed by atoms with Crippen molar-refractivity contribution >= 4 is 60.6 Å². The maximum atomic E-state index is 2.46. The van der Waals surface area contributed by atoms with Crippen molar-refractivity contribution in [2.24, 2.45) is 0 Å². The van der Waals surface area contributed by atoms with Gasteiger partial charge in [-0.15, -0.1) is 0 Å². The molecule has 11 rings (SSSR count). The summed E-state index contributed by atoms with van der Waals surface area (Å²) in [5.74, 6) is 0. The number of para-hydroxylation sites is 4. The fraction of sp³-hybridized carbons (Fsp3) is 0.0417. The quantitative estimate of drug-likeness (QED) is 0.180. The number of allylic oxidation sites excluding steroid dienone is 1. The summed E-state index contributed by atoms with van der Waals surface area (Å²) < 4.78 is 7.30. The Morgan fingerprint density at radius 2 is 0.902 bits per heavy atom. The molecule has 0 saturated carbocycles. The summed E-state index contributed by atoms with van der Waals surface area (Å²) in [6, 6.07) is 60.1. The van der Waals surface area contributed by atoms with Crippen LogP contribution in [-0.4, -0.2) is 13.7 Å². The fourth-order valence-corrected chi connectivity index (χ4v) is 8.68. The minimum atomic E-state index is 1.05. The summed E-state index contributed by atoms with van der Waals surface area (Å²) in [6.07, 6.45) is 6.77. The normalized spacial score (nSPS) is 12.9. The van der Waals surface area contributed by atoms with E-state index in [4.69, 9.17) is 0 Å². The molecule has 3 heteroatoms. The molecule has 0 atom stereocenters. The molecular formula is C48H33N3. The van der Waals surface area contributed by atoms with E-state index in [0.29, 0.717) is 0 Å². The van der Waals surface area contributed by atoms with Gasteiger partial charge in [0.05, 0.1) is 27.6 Å². The summed E-state index contributed by atoms with van der Waals surface area (Å²) in [5.41, 5.74) is 14.9. The van der Waals surface area contributed by atoms with Gasteiger partial charge in [-0.2, -0.15) is 0 Å². The van der Waals surface area contributed by atoms with Crippen LogP contribution in [0.25, 0.3) is 88.8 Å². The second kappa shape index (κ2) is 11.0. The van der Waals surface area contributed by atoms with Crippen LogP contribution < -0.4 is 0 Å². The molecule has 0 spiro atoms. The SMILES string of the molecule is C1=Cc2c(n(-c3ccccc3)c3ccc(-c4cccc(-n5c6ccccc6c6cc(-n7c8ccccc8c8ccccc87)ccc65)c4)cc23)CC1. The Labute approximate surface area is 295 Å². The van der Waals surface area contributed by atoms with Crippen molar-refractivity contribution in [3.05, 3.63) is 181 Å². The van der Waals surface area contributed by atoms with E-state index in [1.165, 1.54) is 88.3 Å². The smallest absolute Gasteiger partial charge is 0.0542 e. The molecule has 1 aliphatic rings. The lowest BCUT2D eigenvalue weighted by molar-refractivity contribution is 0.888. The number of hydrogen-bond donors (Lipinski definition) is 0. The third-order valence-electron chi connectivity index (χ3n) is 10.9. The van der Waals surface area contributed by atoms with Gasteiger partial charge in [-0.3, -0.25) is 0 Å². The third kappa shape index (κ3) is 4.18. The molecule has 0 aliphatic heterocycles. The molecular weight excluding hydrogens is 619 g/mol. The predicted molar refractivity (Wildman–Crippen MR) is 215 cm³/mol. The average molecular weight is 652 g/mol. The van der Waals surface area contributed by atoms with E-state index in [2.05, 4.69) is 190 Å². The van der Waals surface area contributed by atoms with Crippen molar-refractivity contribution in [3.8, 4) is 28.2 Å². The molecule has 0 bridgehead atoms. The Hall–Kier alpha value is -6.58. The van der Waals surface area contributed by atoms with Gasteiger partial charge in [0.15, 0.2) is 0 Å². The molecule has 0 radical (unpaired) electrons. The maximum Gasteiger partial charge on any atom is 0.0542 e. The fourth-order valence-electron chi connectivity index (χ4n) is 8.68. The highest BCUT2D eigenvalue weighted by Crippen LogP contribution is 2.39. The second-order valence-electron chi connectivity index (χ2n) is 13.7. The van der Waals surface area contributed by atoms with Crippen LogP contribution in [0.3, 0.4) is 0 Å². The molecule has 7 aromatic carbocycles. The zero-order valence-corrected chi connectivity index (χ0v) is 28.0. The van der Waals surface area contributed by atoms with Gasteiger partial charge < -0.3 is 13.7 Å². The number of benzene rings is 7. The van der Waals surface area contributed by atoms with Gasteiger partial charge in [-0.25, -0.2) is 0 Å². The zero-order chi connectivity index (χ0) is 33.5. The highest BCUT2D eigenvalue weighted by atomic mass is 15.0. The second-order valence-corrected chi connectivity index (χ2v) is 13.7. The molecule has 3 heterocycles. The summed E-state index contributed by atoms with van der Waals surface area (Å²) in [7, 11) is 0. The van der Waals surface area contributed by atoms with Crippen molar-refractivity contribution in [1.82, 2.24) is 13.7 Å². The number of rotatable bonds is 4. The number of aromatic nitrogens is 3. The molecule has 3 aromatic heterocycles. The first-order chi connectivity index (χ1) is 25.3. The molecule has 51 heavy (non-hydrogen) atoms. The monoisotopic (exact) mass is 651 g/mol. The van der Waals surface area contributed by atoms with Crippen molar-refractivity contribution in [2.45, 2.75) is 12.8 Å². The Morgan fingerprint density at radius 1 is 0.353 bits per heavy atom. The van der Waals surface area contributed by atoms with Crippen LogP contribution >= 0.6 is 0 Å². The largest absolute Gasteiger partial charge is 0.313 e. The molecule has 0 N–H and O–H groups in total. The van der Waals surface area contributed by atoms with E-state index in [-0.39, 0.29) is 0 Å². The third-order valence-corrected chi connectivity index (χ3v) is 10.9. The molecule has 240 valence electrons. The summed E-state index contributed by atoms with van der Waals surface area (Å²) in [4.78, 5) is 0. The van der Waals surface area contributed by atoms with E-state index in [9.17, 15) is 0 Å². The summed E-state index contributed by atoms with van der Waals surface area (Å²) in [5, 5.41) is 6.36. The number of nitrogens with zero attached hydrogens (tertiary/aromatic N) is 3. The highest BCUT2D eigenvalue weighted by molar-refractivity contribution is 6.12. The van der Waals surface area contributed by atoms with Gasteiger partial charge in [-0.05, 0) is 96.8 Å². The lowest BCUT2D eigenvalue weighted by atomic mass is 9.98. The van der Waals surface area contributed by atoms with Gasteiger partial charge in [0, 0.05) is 55.3 Å². The lowest BCUT2D eigenvalue weighted by Crippen LogP contribution is -2.02. The lowest BCUT2D eigenvalue weighted by Gasteiger charge is -2.13. The van der Waals surface area contributed by atoms with Crippen LogP contribution in [0.5, 0.6) is 0 Å². The minimum Gasteiger partial charge on any atom is -0.313 e. The molecule has 0 fully saturated rings. The van der Waals surface area contributed by atoms with E-state index in [0.717, 1.165) is 18.5 Å². The van der Waals surface area contributed by atoms with Crippen molar-refractivity contribution in [3.63, 3.8) is 0 Å². The Bertz CT molecular complexity index is 2970. The molecule has 0 amide bonds. The van der Waals surface area contributed by atoms with Crippen molar-refractivity contribution < 1.29 is 0 Å². The van der Waals surface area contributed by atoms with Crippen LogP contribution in [0, 0.1) is 0 Å². The first-order valence-corrected chi connectivity index (χ1v) is 17.8. The standard InChI is InChI=1S/C48H33N3/c1-2-14-34(15-3-1)49-45-23-10-6-19-39(45)41-30-33(25-27-47(41)49)32-13-12-16-35(29-32)50-46-24-11-7-20-40(46)42-31-36(26-28-48(42)50)51-43-21-8-4-17-37(43)38-18-5-9-22-44(38)51/h1-9,11-22,24-31H,10,23H2. The van der Waals surface area contributed by atoms with Crippen LogP contribution in [0.4, 0.5) is 0 Å². The van der Waals surface area contributed by atoms with Gasteiger partial charge in [0.25, 0.3) is 0 Å². The van der Waals surface area contributed by atoms with Gasteiger partial charge in [0.2, 0.25) is 0 Å². The van der Waals surface area contributed by atoms with Crippen LogP contribution in [-0.2, 0) is 6.42 Å². The summed E-state index contributed by atoms with van der Waals surface area (Å²) >= 11 is 0. The predicted octanol–water partition coefficient (Wildman–Crippen LogP) is 12.5. The van der Waals surface area contributed by atoms with Crippen LogP contribution in [0.1, 0.15) is 17.7 Å². The molecule has 10 aromatic rings. The topological polar surface area (TPSA) is 14.8 Å². The van der Waals surface area contributed by atoms with E-state index >= 15 is 0 Å². The Kier molecular flexibility index (Phi) is 6.08. The highest BCUT2D eigenvalue weighted by Gasteiger charge is 2.20. The van der Waals surface area contributed by atoms with Gasteiger partial charge in [-0.1, -0.05) is 103 Å². The molecule has 3 nitrogen and oxygen atoms in total. The molecule has 1 aliphatic carbocycles. The van der Waals surface area contributed by atoms with Crippen molar-refractivity contribution in [1.29, 1.82) is 0 Å². The van der Waals surface area contributed by atoms with Crippen molar-refractivity contribution in [2.75, 3.05) is 0 Å². The summed E-state index contributed by atoms with van der Waals surface area (Å²) in [6.45, 7) is 0. The average Bonchev–Trinajstić information content (AvgIpc) is 3.83. The van der Waals surface area contributed by atoms with Gasteiger partial charge in [0.1, 0.15) is 0 Å². The molecule has 0 unspecified atom stereocenters. The van der Waals surface area contributed by atoms with E-state index < -0.39 is 0 Å². The number of fused-ring (bicyclic) bond motifs is 9. The van der Waals surface area contributed by atoms with Gasteiger partial charge >= 0.3 is 0 Å². The maximum absolute atomic E-state index is 2.46. The molecule has 0 saturated heterocycles. The minimum absolute atomic E-state index is 1.05. The van der Waals surface area contributed by atoms with Crippen LogP contribution in [0.15, 0.2) is 170 Å². The zero-order valence-electron chi connectivity index (χ0n) is 28.0. The Morgan fingerprint density at radius 3 is 1.63 bits per heavy atom. The van der Waals surface area contributed by atoms with Crippen LogP contribution in [0.2, 0.25) is 0 Å².